The van der Waals surface area contributed by atoms with E-state index in [1.165, 1.54) is 5.56 Å². The molecule has 2 rings (SSSR count). The van der Waals surface area contributed by atoms with Gasteiger partial charge in [0.2, 0.25) is 5.91 Å². The third-order valence-corrected chi connectivity index (χ3v) is 2.65. The summed E-state index contributed by atoms with van der Waals surface area (Å²) >= 11 is 0. The van der Waals surface area contributed by atoms with Crippen LogP contribution in [0.5, 0.6) is 0 Å². The topological polar surface area (TPSA) is 40.5 Å². The molecule has 1 aromatic carbocycles. The minimum absolute atomic E-state index is 0.0454. The van der Waals surface area contributed by atoms with E-state index in [-0.39, 0.29) is 12.3 Å². The first-order valence-electron chi connectivity index (χ1n) is 5.16. The number of likely N-dealkylation sites (tertiary alicyclic amines) is 1. The molecule has 0 bridgehead atoms. The van der Waals surface area contributed by atoms with Crippen molar-refractivity contribution in [3.63, 3.8) is 0 Å². The normalized spacial score (nSPS) is 21.1. The van der Waals surface area contributed by atoms with Crippen LogP contribution < -0.4 is 0 Å². The smallest absolute Gasteiger partial charge is 0.225 e. The van der Waals surface area contributed by atoms with Crippen molar-refractivity contribution >= 4 is 5.91 Å². The second kappa shape index (κ2) is 4.03. The second-order valence-electron chi connectivity index (χ2n) is 4.12. The molecule has 1 heterocycles. The van der Waals surface area contributed by atoms with Crippen LogP contribution in [-0.2, 0) is 11.3 Å². The summed E-state index contributed by atoms with van der Waals surface area (Å²) in [7, 11) is 0. The number of carbonyl (C=O) groups excluding carboxylic acids is 1. The Morgan fingerprint density at radius 1 is 1.53 bits per heavy atom. The summed E-state index contributed by atoms with van der Waals surface area (Å²) in [6.45, 7) is 3.11. The molecule has 1 aliphatic heterocycles. The molecule has 15 heavy (non-hydrogen) atoms. The van der Waals surface area contributed by atoms with E-state index in [4.69, 9.17) is 0 Å². The minimum Gasteiger partial charge on any atom is -0.391 e. The van der Waals surface area contributed by atoms with Gasteiger partial charge < -0.3 is 10.0 Å². The number of carbonyl (C=O) groups is 1. The molecule has 1 atom stereocenters. The second-order valence-corrected chi connectivity index (χ2v) is 4.12. The molecule has 1 N–H and O–H groups in total. The Labute approximate surface area is 89.3 Å². The fourth-order valence-corrected chi connectivity index (χ4v) is 1.94. The van der Waals surface area contributed by atoms with Gasteiger partial charge in [0.05, 0.1) is 12.5 Å². The molecule has 0 spiro atoms. The molecule has 0 aromatic heterocycles. The monoisotopic (exact) mass is 205 g/mol. The number of aryl methyl sites for hydroxylation is 1. The van der Waals surface area contributed by atoms with Gasteiger partial charge in [0, 0.05) is 13.1 Å². The molecule has 1 aliphatic rings. The summed E-state index contributed by atoms with van der Waals surface area (Å²) in [4.78, 5) is 13.1. The maximum absolute atomic E-state index is 11.4. The van der Waals surface area contributed by atoms with E-state index in [0.717, 1.165) is 5.56 Å². The van der Waals surface area contributed by atoms with Crippen molar-refractivity contribution in [1.29, 1.82) is 0 Å². The molecule has 80 valence electrons. The third kappa shape index (κ3) is 2.36. The van der Waals surface area contributed by atoms with E-state index < -0.39 is 6.10 Å². The van der Waals surface area contributed by atoms with Gasteiger partial charge in [-0.1, -0.05) is 29.8 Å². The van der Waals surface area contributed by atoms with Crippen molar-refractivity contribution in [3.8, 4) is 0 Å². The SMILES string of the molecule is Cc1cccc(CN2CC(O)CC2=O)c1. The molecule has 1 aromatic rings. The highest BCUT2D eigenvalue weighted by atomic mass is 16.3. The average molecular weight is 205 g/mol. The number of rotatable bonds is 2. The molecule has 1 amide bonds. The fraction of sp³-hybridized carbons (Fsp3) is 0.417. The number of β-amino-alcohol motifs (C(OH)–C–C–N with tert-alkyl or cyclic N) is 1. The molecule has 0 aliphatic carbocycles. The maximum Gasteiger partial charge on any atom is 0.225 e. The maximum atomic E-state index is 11.4. The predicted molar refractivity (Wildman–Crippen MR) is 57.2 cm³/mol. The molecular formula is C12H15NO2. The quantitative estimate of drug-likeness (QED) is 0.785. The van der Waals surface area contributed by atoms with Gasteiger partial charge in [-0.25, -0.2) is 0 Å². The minimum atomic E-state index is -0.484. The lowest BCUT2D eigenvalue weighted by Crippen LogP contribution is -2.25. The third-order valence-electron chi connectivity index (χ3n) is 2.65. The zero-order chi connectivity index (χ0) is 10.8. The average Bonchev–Trinajstić information content (AvgIpc) is 2.45. The zero-order valence-electron chi connectivity index (χ0n) is 8.81. The Hall–Kier alpha value is -1.35. The number of aliphatic hydroxyl groups excluding tert-OH is 1. The molecule has 0 radical (unpaired) electrons. The summed E-state index contributed by atoms with van der Waals surface area (Å²) < 4.78 is 0. The number of aliphatic hydroxyl groups is 1. The predicted octanol–water partition coefficient (Wildman–Crippen LogP) is 1.09. The Morgan fingerprint density at radius 2 is 2.33 bits per heavy atom. The summed E-state index contributed by atoms with van der Waals surface area (Å²) in [6, 6.07) is 8.09. The van der Waals surface area contributed by atoms with E-state index in [1.807, 2.05) is 25.1 Å². The number of nitrogens with zero attached hydrogens (tertiary/aromatic N) is 1. The molecule has 0 saturated carbocycles. The molecule has 3 nitrogen and oxygen atoms in total. The number of amides is 1. The van der Waals surface area contributed by atoms with Gasteiger partial charge in [-0.2, -0.15) is 0 Å². The molecule has 1 unspecified atom stereocenters. The first-order chi connectivity index (χ1) is 7.15. The van der Waals surface area contributed by atoms with E-state index in [2.05, 4.69) is 6.07 Å². The van der Waals surface area contributed by atoms with Gasteiger partial charge in [0.1, 0.15) is 0 Å². The van der Waals surface area contributed by atoms with Crippen LogP contribution in [0.4, 0.5) is 0 Å². The van der Waals surface area contributed by atoms with Crippen molar-refractivity contribution in [3.05, 3.63) is 35.4 Å². The van der Waals surface area contributed by atoms with Gasteiger partial charge in [0.25, 0.3) is 0 Å². The molecule has 1 fully saturated rings. The number of benzene rings is 1. The fourth-order valence-electron chi connectivity index (χ4n) is 1.94. The van der Waals surface area contributed by atoms with Crippen molar-refractivity contribution in [2.45, 2.75) is 26.0 Å². The summed E-state index contributed by atoms with van der Waals surface area (Å²) in [6.07, 6.45) is -0.214. The number of hydrogen-bond acceptors (Lipinski definition) is 2. The van der Waals surface area contributed by atoms with Crippen LogP contribution in [0.1, 0.15) is 17.5 Å². The highest BCUT2D eigenvalue weighted by molar-refractivity contribution is 5.79. The first kappa shape index (κ1) is 10.2. The Kier molecular flexibility index (Phi) is 2.73. The lowest BCUT2D eigenvalue weighted by Gasteiger charge is -2.15. The lowest BCUT2D eigenvalue weighted by molar-refractivity contribution is -0.128. The van der Waals surface area contributed by atoms with Crippen molar-refractivity contribution in [1.82, 2.24) is 4.90 Å². The highest BCUT2D eigenvalue weighted by Crippen LogP contribution is 2.15. The van der Waals surface area contributed by atoms with Gasteiger partial charge in [-0.3, -0.25) is 4.79 Å². The Morgan fingerprint density at radius 3 is 2.93 bits per heavy atom. The highest BCUT2D eigenvalue weighted by Gasteiger charge is 2.27. The summed E-state index contributed by atoms with van der Waals surface area (Å²) in [5.74, 6) is 0.0454. The van der Waals surface area contributed by atoms with Gasteiger partial charge >= 0.3 is 0 Å². The number of hydrogen-bond donors (Lipinski definition) is 1. The van der Waals surface area contributed by atoms with E-state index in [1.54, 1.807) is 4.90 Å². The Bertz CT molecular complexity index is 376. The van der Waals surface area contributed by atoms with E-state index in [0.29, 0.717) is 13.1 Å². The van der Waals surface area contributed by atoms with Crippen molar-refractivity contribution in [2.24, 2.45) is 0 Å². The van der Waals surface area contributed by atoms with Crippen molar-refractivity contribution in [2.75, 3.05) is 6.54 Å². The van der Waals surface area contributed by atoms with Gasteiger partial charge in [-0.15, -0.1) is 0 Å². The van der Waals surface area contributed by atoms with E-state index >= 15 is 0 Å². The molecule has 3 heteroatoms. The van der Waals surface area contributed by atoms with Crippen molar-refractivity contribution < 1.29 is 9.90 Å². The first-order valence-corrected chi connectivity index (χ1v) is 5.16. The summed E-state index contributed by atoms with van der Waals surface area (Å²) in [5.41, 5.74) is 2.32. The van der Waals surface area contributed by atoms with Crippen LogP contribution in [0, 0.1) is 6.92 Å². The van der Waals surface area contributed by atoms with E-state index in [9.17, 15) is 9.90 Å². The largest absolute Gasteiger partial charge is 0.391 e. The molecule has 1 saturated heterocycles. The van der Waals surface area contributed by atoms with Gasteiger partial charge in [-0.05, 0) is 12.5 Å². The van der Waals surface area contributed by atoms with Crippen LogP contribution in [-0.4, -0.2) is 28.6 Å². The van der Waals surface area contributed by atoms with Crippen LogP contribution in [0.15, 0.2) is 24.3 Å². The summed E-state index contributed by atoms with van der Waals surface area (Å²) in [5, 5.41) is 9.34. The molecular weight excluding hydrogens is 190 g/mol. The van der Waals surface area contributed by atoms with Gasteiger partial charge in [0.15, 0.2) is 0 Å². The van der Waals surface area contributed by atoms with Crippen LogP contribution >= 0.6 is 0 Å². The zero-order valence-corrected chi connectivity index (χ0v) is 8.81. The van der Waals surface area contributed by atoms with Crippen LogP contribution in [0.3, 0.4) is 0 Å². The van der Waals surface area contributed by atoms with Crippen LogP contribution in [0.25, 0.3) is 0 Å². The van der Waals surface area contributed by atoms with Crippen LogP contribution in [0.2, 0.25) is 0 Å². The standard InChI is InChI=1S/C12H15NO2/c1-9-3-2-4-10(5-9)7-13-8-11(14)6-12(13)15/h2-5,11,14H,6-8H2,1H3. The lowest BCUT2D eigenvalue weighted by atomic mass is 10.1. The Balaban J connectivity index is 2.06.